The molecule has 0 bridgehead atoms. The number of benzene rings is 1. The summed E-state index contributed by atoms with van der Waals surface area (Å²) in [6.07, 6.45) is 1.16. The minimum Gasteiger partial charge on any atom is -0.384 e. The lowest BCUT2D eigenvalue weighted by atomic mass is 9.96. The third-order valence-electron chi connectivity index (χ3n) is 4.13. The molecule has 0 aliphatic carbocycles. The fourth-order valence-corrected chi connectivity index (χ4v) is 2.62. The van der Waals surface area contributed by atoms with Crippen molar-refractivity contribution in [2.45, 2.75) is 52.7 Å². The van der Waals surface area contributed by atoms with Crippen molar-refractivity contribution < 1.29 is 9.84 Å². The van der Waals surface area contributed by atoms with Crippen LogP contribution < -0.4 is 10.6 Å². The number of hydrogen-bond acceptors (Lipinski definition) is 3. The van der Waals surface area contributed by atoms with Crippen molar-refractivity contribution in [1.82, 2.24) is 10.6 Å². The number of nitrogens with one attached hydrogen (secondary N) is 2. The van der Waals surface area contributed by atoms with Crippen LogP contribution in [0.3, 0.4) is 0 Å². The van der Waals surface area contributed by atoms with Crippen LogP contribution in [0, 0.1) is 5.92 Å². The van der Waals surface area contributed by atoms with E-state index in [9.17, 15) is 5.11 Å². The Morgan fingerprint density at radius 3 is 2.38 bits per heavy atom. The number of aliphatic hydroxyl groups is 1. The molecule has 0 radical (unpaired) electrons. The van der Waals surface area contributed by atoms with Gasteiger partial charge in [0.1, 0.15) is 5.60 Å². The van der Waals surface area contributed by atoms with E-state index in [0.717, 1.165) is 37.6 Å². The molecule has 0 saturated heterocycles. The standard InChI is InChI=1S/C20H35N3O2.HI/c1-6-21-19(22-14-13-18(16(3)4)25-7-2)23-15-20(5,24)17-11-9-8-10-12-17;/h8-12,16,18,24H,6-7,13-15H2,1-5H3,(H2,21,22,23);1H. The average Bonchev–Trinajstić information content (AvgIpc) is 2.59. The zero-order valence-corrected chi connectivity index (χ0v) is 19.1. The molecule has 3 N–H and O–H groups in total. The molecule has 0 amide bonds. The van der Waals surface area contributed by atoms with Crippen LogP contribution in [0.15, 0.2) is 35.3 Å². The van der Waals surface area contributed by atoms with Crippen molar-refractivity contribution in [3.8, 4) is 0 Å². The summed E-state index contributed by atoms with van der Waals surface area (Å²) in [7, 11) is 0. The molecular weight excluding hydrogens is 441 g/mol. The van der Waals surface area contributed by atoms with Gasteiger partial charge < -0.3 is 20.5 Å². The molecule has 0 aromatic heterocycles. The molecule has 2 atom stereocenters. The van der Waals surface area contributed by atoms with Gasteiger partial charge in [-0.2, -0.15) is 0 Å². The molecule has 1 aromatic rings. The highest BCUT2D eigenvalue weighted by molar-refractivity contribution is 14.0. The van der Waals surface area contributed by atoms with E-state index >= 15 is 0 Å². The molecule has 150 valence electrons. The van der Waals surface area contributed by atoms with E-state index in [4.69, 9.17) is 4.74 Å². The number of halogens is 1. The van der Waals surface area contributed by atoms with Crippen LogP contribution in [-0.4, -0.2) is 43.4 Å². The lowest BCUT2D eigenvalue weighted by Crippen LogP contribution is -2.40. The second-order valence-electron chi connectivity index (χ2n) is 6.79. The third-order valence-corrected chi connectivity index (χ3v) is 4.13. The molecule has 0 aliphatic heterocycles. The Morgan fingerprint density at radius 2 is 1.85 bits per heavy atom. The summed E-state index contributed by atoms with van der Waals surface area (Å²) in [4.78, 5) is 4.55. The van der Waals surface area contributed by atoms with Crippen LogP contribution in [-0.2, 0) is 10.3 Å². The van der Waals surface area contributed by atoms with Gasteiger partial charge in [0, 0.05) is 19.7 Å². The summed E-state index contributed by atoms with van der Waals surface area (Å²) >= 11 is 0. The van der Waals surface area contributed by atoms with E-state index in [1.165, 1.54) is 0 Å². The SMILES string of the molecule is CCNC(=NCC(C)(O)c1ccccc1)NCCC(OCC)C(C)C.I. The van der Waals surface area contributed by atoms with Gasteiger partial charge in [-0.15, -0.1) is 24.0 Å². The molecule has 0 spiro atoms. The van der Waals surface area contributed by atoms with E-state index < -0.39 is 5.60 Å². The number of hydrogen-bond donors (Lipinski definition) is 3. The second-order valence-corrected chi connectivity index (χ2v) is 6.79. The molecule has 0 fully saturated rings. The highest BCUT2D eigenvalue weighted by atomic mass is 127. The summed E-state index contributed by atoms with van der Waals surface area (Å²) in [5.41, 5.74) is -0.124. The monoisotopic (exact) mass is 477 g/mol. The van der Waals surface area contributed by atoms with Gasteiger partial charge in [-0.1, -0.05) is 44.2 Å². The maximum Gasteiger partial charge on any atom is 0.191 e. The van der Waals surface area contributed by atoms with E-state index in [1.54, 1.807) is 6.92 Å². The third kappa shape index (κ3) is 9.19. The highest BCUT2D eigenvalue weighted by Gasteiger charge is 2.22. The molecule has 0 saturated carbocycles. The van der Waals surface area contributed by atoms with Gasteiger partial charge >= 0.3 is 0 Å². The van der Waals surface area contributed by atoms with E-state index in [0.29, 0.717) is 12.5 Å². The molecule has 5 nitrogen and oxygen atoms in total. The van der Waals surface area contributed by atoms with Gasteiger partial charge in [0.05, 0.1) is 12.6 Å². The van der Waals surface area contributed by atoms with Crippen LogP contribution in [0.5, 0.6) is 0 Å². The van der Waals surface area contributed by atoms with Gasteiger partial charge in [-0.05, 0) is 38.7 Å². The van der Waals surface area contributed by atoms with Gasteiger partial charge in [0.2, 0.25) is 0 Å². The predicted octanol–water partition coefficient (Wildman–Crippen LogP) is 3.52. The summed E-state index contributed by atoms with van der Waals surface area (Å²) in [5.74, 6) is 1.21. The van der Waals surface area contributed by atoms with Crippen LogP contribution in [0.1, 0.15) is 46.6 Å². The molecular formula is C20H36IN3O2. The van der Waals surface area contributed by atoms with Crippen molar-refractivity contribution >= 4 is 29.9 Å². The molecule has 26 heavy (non-hydrogen) atoms. The van der Waals surface area contributed by atoms with Crippen LogP contribution >= 0.6 is 24.0 Å². The van der Waals surface area contributed by atoms with E-state index in [1.807, 2.05) is 44.2 Å². The van der Waals surface area contributed by atoms with Gasteiger partial charge in [0.25, 0.3) is 0 Å². The summed E-state index contributed by atoms with van der Waals surface area (Å²) in [6.45, 7) is 12.8. The summed E-state index contributed by atoms with van der Waals surface area (Å²) in [5, 5.41) is 17.2. The Balaban J connectivity index is 0.00000625. The first-order chi connectivity index (χ1) is 11.9. The molecule has 0 aliphatic rings. The van der Waals surface area contributed by atoms with E-state index in [2.05, 4.69) is 29.5 Å². The highest BCUT2D eigenvalue weighted by Crippen LogP contribution is 2.20. The lowest BCUT2D eigenvalue weighted by Gasteiger charge is -2.23. The summed E-state index contributed by atoms with van der Waals surface area (Å²) in [6, 6.07) is 9.64. The lowest BCUT2D eigenvalue weighted by molar-refractivity contribution is 0.0258. The zero-order chi connectivity index (χ0) is 18.7. The topological polar surface area (TPSA) is 65.9 Å². The van der Waals surface area contributed by atoms with Gasteiger partial charge in [0.15, 0.2) is 5.96 Å². The number of aliphatic imine (C=N–C) groups is 1. The molecule has 2 unspecified atom stereocenters. The van der Waals surface area contributed by atoms with Crippen LogP contribution in [0.25, 0.3) is 0 Å². The number of nitrogens with zero attached hydrogens (tertiary/aromatic N) is 1. The van der Waals surface area contributed by atoms with Crippen LogP contribution in [0.4, 0.5) is 0 Å². The fraction of sp³-hybridized carbons (Fsp3) is 0.650. The minimum atomic E-state index is -0.991. The molecule has 1 aromatic carbocycles. The molecule has 0 heterocycles. The Labute approximate surface area is 176 Å². The van der Waals surface area contributed by atoms with Crippen molar-refractivity contribution in [2.75, 3.05) is 26.2 Å². The largest absolute Gasteiger partial charge is 0.384 e. The smallest absolute Gasteiger partial charge is 0.191 e. The second kappa shape index (κ2) is 13.3. The first-order valence-corrected chi connectivity index (χ1v) is 9.32. The minimum absolute atomic E-state index is 0. The Hall–Kier alpha value is -0.860. The number of rotatable bonds is 10. The van der Waals surface area contributed by atoms with Gasteiger partial charge in [-0.3, -0.25) is 0 Å². The Kier molecular flexibility index (Phi) is 12.9. The maximum absolute atomic E-state index is 10.7. The Bertz CT molecular complexity index is 507. The quantitative estimate of drug-likeness (QED) is 0.274. The first-order valence-electron chi connectivity index (χ1n) is 9.32. The number of ether oxygens (including phenoxy) is 1. The van der Waals surface area contributed by atoms with Crippen LogP contribution in [0.2, 0.25) is 0 Å². The first kappa shape index (κ1) is 25.1. The van der Waals surface area contributed by atoms with Crippen molar-refractivity contribution in [3.63, 3.8) is 0 Å². The van der Waals surface area contributed by atoms with Crippen molar-refractivity contribution in [2.24, 2.45) is 10.9 Å². The van der Waals surface area contributed by atoms with Gasteiger partial charge in [-0.25, -0.2) is 4.99 Å². The van der Waals surface area contributed by atoms with E-state index in [-0.39, 0.29) is 30.1 Å². The average molecular weight is 477 g/mol. The molecule has 6 heteroatoms. The fourth-order valence-electron chi connectivity index (χ4n) is 2.62. The predicted molar refractivity (Wildman–Crippen MR) is 120 cm³/mol. The molecule has 1 rings (SSSR count). The van der Waals surface area contributed by atoms with Crippen molar-refractivity contribution in [1.29, 1.82) is 0 Å². The number of guanidine groups is 1. The summed E-state index contributed by atoms with van der Waals surface area (Å²) < 4.78 is 5.78. The maximum atomic E-state index is 10.7. The zero-order valence-electron chi connectivity index (χ0n) is 16.8. The Morgan fingerprint density at radius 1 is 1.19 bits per heavy atom. The van der Waals surface area contributed by atoms with Crippen molar-refractivity contribution in [3.05, 3.63) is 35.9 Å². The normalized spacial score (nSPS) is 15.1.